The lowest BCUT2D eigenvalue weighted by atomic mass is 9.86. The number of benzene rings is 1. The number of rotatable bonds is 4. The van der Waals surface area contributed by atoms with E-state index < -0.39 is 39.8 Å². The van der Waals surface area contributed by atoms with Crippen LogP contribution in [0.2, 0.25) is 0 Å². The highest BCUT2D eigenvalue weighted by molar-refractivity contribution is 7.91. The van der Waals surface area contributed by atoms with E-state index in [0.29, 0.717) is 17.0 Å². The molecule has 1 amide bonds. The monoisotopic (exact) mass is 552 g/mol. The van der Waals surface area contributed by atoms with Gasteiger partial charge in [0.25, 0.3) is 0 Å². The second-order valence-corrected chi connectivity index (χ2v) is 13.2. The van der Waals surface area contributed by atoms with E-state index in [4.69, 9.17) is 0 Å². The Kier molecular flexibility index (Phi) is 6.32. The van der Waals surface area contributed by atoms with E-state index in [2.05, 4.69) is 10.1 Å². The van der Waals surface area contributed by atoms with Crippen molar-refractivity contribution in [1.29, 1.82) is 0 Å². The van der Waals surface area contributed by atoms with Crippen LogP contribution in [0.5, 0.6) is 0 Å². The lowest BCUT2D eigenvalue weighted by Crippen LogP contribution is -2.44. The number of aromatic nitrogens is 3. The predicted octanol–water partition coefficient (Wildman–Crippen LogP) is 4.57. The van der Waals surface area contributed by atoms with Gasteiger partial charge < -0.3 is 4.90 Å². The summed E-state index contributed by atoms with van der Waals surface area (Å²) < 4.78 is 81.4. The average Bonchev–Trinajstić information content (AvgIpc) is 3.33. The quantitative estimate of drug-likeness (QED) is 0.443. The van der Waals surface area contributed by atoms with Gasteiger partial charge in [0.1, 0.15) is 9.84 Å². The van der Waals surface area contributed by atoms with Gasteiger partial charge in [-0.1, -0.05) is 38.1 Å². The molecule has 2 atom stereocenters. The highest BCUT2D eigenvalue weighted by Crippen LogP contribution is 2.49. The Balaban J connectivity index is 1.44. The molecule has 2 aliphatic rings. The fourth-order valence-corrected chi connectivity index (χ4v) is 7.45. The van der Waals surface area contributed by atoms with Gasteiger partial charge in [-0.3, -0.25) is 4.79 Å². The molecule has 1 aromatic carbocycles. The van der Waals surface area contributed by atoms with Gasteiger partial charge in [0, 0.05) is 42.1 Å². The standard InChI is InChI=1S/C26H28F4N4O3S/c1-25(2)13-18(19-14-31-21-12-20(27)32-34(21)23(19)25)15-4-6-16(7-5-15)22(26(28,29)30)33(3)24(35)17-8-10-38(36,37)11-9-17/h4-7,12,14,17-18,22H,8-11,13H2,1-3H3/t18?,22-/m0/s1. The first-order valence-corrected chi connectivity index (χ1v) is 14.2. The van der Waals surface area contributed by atoms with Crippen LogP contribution in [0.25, 0.3) is 5.65 Å². The van der Waals surface area contributed by atoms with E-state index >= 15 is 0 Å². The molecule has 0 radical (unpaired) electrons. The molecule has 1 saturated heterocycles. The minimum absolute atomic E-state index is 0.0212. The molecule has 1 unspecified atom stereocenters. The van der Waals surface area contributed by atoms with Crippen molar-refractivity contribution in [3.63, 3.8) is 0 Å². The number of sulfone groups is 1. The molecule has 7 nitrogen and oxygen atoms in total. The SMILES string of the molecule is CN(C(=O)C1CCS(=O)(=O)CC1)[C@@H](c1ccc(C2CC(C)(C)c3c2cnc2cc(F)nn32)cc1)C(F)(F)F. The van der Waals surface area contributed by atoms with Crippen molar-refractivity contribution in [2.24, 2.45) is 5.92 Å². The van der Waals surface area contributed by atoms with Crippen molar-refractivity contribution >= 4 is 21.4 Å². The zero-order valence-corrected chi connectivity index (χ0v) is 22.0. The van der Waals surface area contributed by atoms with Crippen molar-refractivity contribution in [2.75, 3.05) is 18.6 Å². The first kappa shape index (κ1) is 26.6. The number of halogens is 4. The third kappa shape index (κ3) is 4.67. The molecule has 3 aromatic rings. The number of hydrogen-bond donors (Lipinski definition) is 0. The van der Waals surface area contributed by atoms with Crippen LogP contribution in [-0.2, 0) is 20.0 Å². The minimum Gasteiger partial charge on any atom is -0.330 e. The molecule has 0 saturated carbocycles. The Morgan fingerprint density at radius 1 is 1.16 bits per heavy atom. The van der Waals surface area contributed by atoms with Gasteiger partial charge in [0.15, 0.2) is 11.7 Å². The maximum absolute atomic E-state index is 14.2. The number of amides is 1. The molecule has 204 valence electrons. The minimum atomic E-state index is -4.73. The summed E-state index contributed by atoms with van der Waals surface area (Å²) in [5, 5.41) is 3.95. The number of carbonyl (C=O) groups is 1. The molecule has 1 aliphatic heterocycles. The third-order valence-electron chi connectivity index (χ3n) is 7.82. The lowest BCUT2D eigenvalue weighted by molar-refractivity contribution is -0.190. The Morgan fingerprint density at radius 2 is 1.79 bits per heavy atom. The van der Waals surface area contributed by atoms with Crippen LogP contribution >= 0.6 is 0 Å². The summed E-state index contributed by atoms with van der Waals surface area (Å²) >= 11 is 0. The fraction of sp³-hybridized carbons (Fsp3) is 0.500. The van der Waals surface area contributed by atoms with E-state index in [1.165, 1.54) is 22.7 Å². The first-order valence-electron chi connectivity index (χ1n) is 12.4. The van der Waals surface area contributed by atoms with Crippen LogP contribution in [-0.4, -0.2) is 58.6 Å². The number of carbonyl (C=O) groups excluding carboxylic acids is 1. The Bertz CT molecular complexity index is 1490. The van der Waals surface area contributed by atoms with Crippen LogP contribution in [0.3, 0.4) is 0 Å². The largest absolute Gasteiger partial charge is 0.413 e. The van der Waals surface area contributed by atoms with E-state index in [-0.39, 0.29) is 41.2 Å². The molecule has 0 spiro atoms. The summed E-state index contributed by atoms with van der Waals surface area (Å²) in [6.45, 7) is 4.02. The second kappa shape index (κ2) is 9.03. The maximum Gasteiger partial charge on any atom is 0.413 e. The topological polar surface area (TPSA) is 84.6 Å². The van der Waals surface area contributed by atoms with Gasteiger partial charge in [0.2, 0.25) is 11.9 Å². The lowest BCUT2D eigenvalue weighted by Gasteiger charge is -2.34. The van der Waals surface area contributed by atoms with Crippen LogP contribution in [0.15, 0.2) is 36.5 Å². The number of nitrogens with zero attached hydrogens (tertiary/aromatic N) is 4. The molecule has 0 bridgehead atoms. The van der Waals surface area contributed by atoms with Gasteiger partial charge >= 0.3 is 6.18 Å². The summed E-state index contributed by atoms with van der Waals surface area (Å²) in [6.07, 6.45) is -2.38. The zero-order chi connectivity index (χ0) is 27.6. The molecular formula is C26H28F4N4O3S. The van der Waals surface area contributed by atoms with Crippen molar-refractivity contribution in [1.82, 2.24) is 19.5 Å². The van der Waals surface area contributed by atoms with E-state index in [1.54, 1.807) is 18.3 Å². The molecule has 38 heavy (non-hydrogen) atoms. The van der Waals surface area contributed by atoms with Gasteiger partial charge in [-0.25, -0.2) is 17.9 Å². The molecule has 12 heteroatoms. The van der Waals surface area contributed by atoms with Crippen molar-refractivity contribution in [3.05, 3.63) is 64.9 Å². The van der Waals surface area contributed by atoms with E-state index in [1.807, 2.05) is 13.8 Å². The first-order chi connectivity index (χ1) is 17.7. The summed E-state index contributed by atoms with van der Waals surface area (Å²) in [5.41, 5.74) is 2.36. The molecule has 3 heterocycles. The highest BCUT2D eigenvalue weighted by atomic mass is 32.2. The smallest absolute Gasteiger partial charge is 0.330 e. The summed E-state index contributed by atoms with van der Waals surface area (Å²) in [7, 11) is -2.13. The summed E-state index contributed by atoms with van der Waals surface area (Å²) in [5.74, 6) is -2.68. The number of alkyl halides is 3. The van der Waals surface area contributed by atoms with Crippen molar-refractivity contribution in [2.45, 2.75) is 56.7 Å². The second-order valence-electron chi connectivity index (χ2n) is 10.9. The van der Waals surface area contributed by atoms with Crippen LogP contribution in [0, 0.1) is 11.9 Å². The number of fused-ring (bicyclic) bond motifs is 3. The third-order valence-corrected chi connectivity index (χ3v) is 9.53. The Morgan fingerprint density at radius 3 is 2.39 bits per heavy atom. The van der Waals surface area contributed by atoms with Crippen LogP contribution in [0.4, 0.5) is 17.6 Å². The van der Waals surface area contributed by atoms with Gasteiger partial charge in [0.05, 0.1) is 17.2 Å². The molecule has 1 aliphatic carbocycles. The molecule has 0 N–H and O–H groups in total. The molecule has 5 rings (SSSR count). The Labute approximate surface area is 217 Å². The Hall–Kier alpha value is -3.02. The van der Waals surface area contributed by atoms with Gasteiger partial charge in [-0.15, -0.1) is 5.10 Å². The van der Waals surface area contributed by atoms with E-state index in [0.717, 1.165) is 23.9 Å². The number of hydrogen-bond acceptors (Lipinski definition) is 5. The van der Waals surface area contributed by atoms with Crippen LogP contribution < -0.4 is 0 Å². The average molecular weight is 553 g/mol. The van der Waals surface area contributed by atoms with Crippen molar-refractivity contribution < 1.29 is 30.8 Å². The van der Waals surface area contributed by atoms with E-state index in [9.17, 15) is 30.8 Å². The molecule has 2 aromatic heterocycles. The fourth-order valence-electron chi connectivity index (χ4n) is 5.96. The maximum atomic E-state index is 14.2. The molecule has 1 fully saturated rings. The normalized spacial score (nSPS) is 21.8. The van der Waals surface area contributed by atoms with Crippen molar-refractivity contribution in [3.8, 4) is 0 Å². The summed E-state index contributed by atoms with van der Waals surface area (Å²) in [6, 6.07) is 5.11. The van der Waals surface area contributed by atoms with Crippen LogP contribution in [0.1, 0.15) is 67.5 Å². The zero-order valence-electron chi connectivity index (χ0n) is 21.2. The predicted molar refractivity (Wildman–Crippen MR) is 132 cm³/mol. The van der Waals surface area contributed by atoms with Gasteiger partial charge in [-0.2, -0.15) is 17.6 Å². The summed E-state index contributed by atoms with van der Waals surface area (Å²) in [4.78, 5) is 18.0. The highest BCUT2D eigenvalue weighted by Gasteiger charge is 2.47. The van der Waals surface area contributed by atoms with Gasteiger partial charge in [-0.05, 0) is 30.4 Å². The molecular weight excluding hydrogens is 524 g/mol.